The molecule has 0 N–H and O–H groups in total. The van der Waals surface area contributed by atoms with Gasteiger partial charge in [-0.1, -0.05) is 43.6 Å². The van der Waals surface area contributed by atoms with Gasteiger partial charge in [-0.15, -0.1) is 0 Å². The number of anilines is 1. The zero-order valence-electron chi connectivity index (χ0n) is 18.8. The number of hydrogen-bond donors (Lipinski definition) is 0. The highest BCUT2D eigenvalue weighted by molar-refractivity contribution is 6.31. The van der Waals surface area contributed by atoms with Gasteiger partial charge >= 0.3 is 0 Å². The number of carbonyl (C=O) groups is 2. The number of amides is 1. The first-order valence-electron chi connectivity index (χ1n) is 10.9. The molecule has 1 aliphatic carbocycles. The monoisotopic (exact) mass is 468 g/mol. The Morgan fingerprint density at radius 2 is 1.91 bits per heavy atom. The van der Waals surface area contributed by atoms with Gasteiger partial charge in [0.05, 0.1) is 17.6 Å². The molecule has 0 saturated carbocycles. The van der Waals surface area contributed by atoms with Crippen LogP contribution in [0.25, 0.3) is 0 Å². The molecule has 7 nitrogen and oxygen atoms in total. The van der Waals surface area contributed by atoms with Gasteiger partial charge in [0.25, 0.3) is 5.69 Å². The van der Waals surface area contributed by atoms with Crippen molar-refractivity contribution in [3.05, 3.63) is 74.4 Å². The van der Waals surface area contributed by atoms with Crippen LogP contribution in [0.15, 0.2) is 53.7 Å². The highest BCUT2D eigenvalue weighted by Gasteiger charge is 2.46. The fourth-order valence-corrected chi connectivity index (χ4v) is 5.08. The Bertz CT molecular complexity index is 1190. The molecular weight excluding hydrogens is 444 g/mol. The maximum Gasteiger partial charge on any atom is 0.297 e. The van der Waals surface area contributed by atoms with Crippen LogP contribution in [0, 0.1) is 15.5 Å². The molecule has 1 atom stereocenters. The number of ether oxygens (including phenoxy) is 1. The second-order valence-corrected chi connectivity index (χ2v) is 9.56. The predicted molar refractivity (Wildman–Crippen MR) is 126 cm³/mol. The van der Waals surface area contributed by atoms with Crippen LogP contribution in [0.3, 0.4) is 0 Å². The van der Waals surface area contributed by atoms with Gasteiger partial charge in [0.2, 0.25) is 5.91 Å². The van der Waals surface area contributed by atoms with Crippen LogP contribution in [0.5, 0.6) is 5.75 Å². The minimum Gasteiger partial charge on any atom is -0.494 e. The second kappa shape index (κ2) is 8.63. The molecule has 1 amide bonds. The number of allylic oxidation sites excluding steroid dienone is 2. The van der Waals surface area contributed by atoms with Crippen LogP contribution < -0.4 is 9.64 Å². The van der Waals surface area contributed by atoms with Gasteiger partial charge in [0.1, 0.15) is 11.4 Å². The number of Topliss-reactive ketones (excluding diaryl/α,β-unsaturated/α-hetero) is 1. The molecule has 0 saturated heterocycles. The molecule has 172 valence electrons. The molecule has 4 rings (SSSR count). The Morgan fingerprint density at radius 1 is 1.18 bits per heavy atom. The van der Waals surface area contributed by atoms with E-state index in [4.69, 9.17) is 16.3 Å². The lowest BCUT2D eigenvalue weighted by molar-refractivity contribution is -0.384. The van der Waals surface area contributed by atoms with Crippen molar-refractivity contribution < 1.29 is 19.2 Å². The maximum absolute atomic E-state index is 13.5. The minimum absolute atomic E-state index is 0.000892. The lowest BCUT2D eigenvalue weighted by Crippen LogP contribution is -2.44. The average molecular weight is 469 g/mol. The molecule has 2 aliphatic rings. The summed E-state index contributed by atoms with van der Waals surface area (Å²) in [4.78, 5) is 39.7. The molecule has 0 spiro atoms. The van der Waals surface area contributed by atoms with Gasteiger partial charge in [0, 0.05) is 35.1 Å². The molecule has 0 aromatic heterocycles. The normalized spacial score (nSPS) is 20.0. The number of nitro groups is 1. The third-order valence-corrected chi connectivity index (χ3v) is 6.46. The van der Waals surface area contributed by atoms with Crippen molar-refractivity contribution in [2.45, 2.75) is 46.0 Å². The van der Waals surface area contributed by atoms with E-state index >= 15 is 0 Å². The SMILES string of the molecule is CCOc1ccc(N2C(=O)CC(c3ccccc3Cl)C3=C2CC(C)(C)CC3=O)c([N+](=O)[O-])c1. The zero-order valence-corrected chi connectivity index (χ0v) is 19.5. The summed E-state index contributed by atoms with van der Waals surface area (Å²) in [5.41, 5.74) is 1.26. The largest absolute Gasteiger partial charge is 0.494 e. The molecule has 0 radical (unpaired) electrons. The van der Waals surface area contributed by atoms with Crippen molar-refractivity contribution in [1.82, 2.24) is 0 Å². The summed E-state index contributed by atoms with van der Waals surface area (Å²) >= 11 is 6.45. The maximum atomic E-state index is 13.5. The quantitative estimate of drug-likeness (QED) is 0.408. The number of benzene rings is 2. The first kappa shape index (κ1) is 23.0. The van der Waals surface area contributed by atoms with Crippen LogP contribution in [-0.4, -0.2) is 23.2 Å². The van der Waals surface area contributed by atoms with Gasteiger partial charge in [0.15, 0.2) is 5.78 Å². The Labute approximate surface area is 197 Å². The van der Waals surface area contributed by atoms with E-state index in [0.29, 0.717) is 47.1 Å². The van der Waals surface area contributed by atoms with Crippen molar-refractivity contribution in [3.8, 4) is 5.75 Å². The summed E-state index contributed by atoms with van der Waals surface area (Å²) in [6.45, 7) is 6.07. The lowest BCUT2D eigenvalue weighted by atomic mass is 9.69. The van der Waals surface area contributed by atoms with Gasteiger partial charge in [-0.25, -0.2) is 0 Å². The fourth-order valence-electron chi connectivity index (χ4n) is 4.81. The minimum atomic E-state index is -0.526. The van der Waals surface area contributed by atoms with Crippen LogP contribution in [-0.2, 0) is 9.59 Å². The Hall–Kier alpha value is -3.19. The van der Waals surface area contributed by atoms with Crippen LogP contribution >= 0.6 is 11.6 Å². The number of rotatable bonds is 5. The molecule has 1 unspecified atom stereocenters. The topological polar surface area (TPSA) is 89.8 Å². The van der Waals surface area contributed by atoms with E-state index in [1.165, 1.54) is 17.0 Å². The van der Waals surface area contributed by atoms with Crippen molar-refractivity contribution in [2.24, 2.45) is 5.41 Å². The van der Waals surface area contributed by atoms with Gasteiger partial charge in [-0.05, 0) is 42.5 Å². The first-order valence-corrected chi connectivity index (χ1v) is 11.3. The summed E-state index contributed by atoms with van der Waals surface area (Å²) in [5, 5.41) is 12.4. The molecule has 33 heavy (non-hydrogen) atoms. The van der Waals surface area contributed by atoms with Crippen molar-refractivity contribution in [2.75, 3.05) is 11.5 Å². The summed E-state index contributed by atoms with van der Waals surface area (Å²) in [5.74, 6) is -0.503. The molecule has 2 aromatic rings. The molecule has 1 heterocycles. The van der Waals surface area contributed by atoms with E-state index in [2.05, 4.69) is 0 Å². The van der Waals surface area contributed by atoms with E-state index in [1.54, 1.807) is 25.1 Å². The Kier molecular flexibility index (Phi) is 6.01. The van der Waals surface area contributed by atoms with Gasteiger partial charge in [-0.3, -0.25) is 24.6 Å². The number of nitro benzene ring substituents is 1. The number of hydrogen-bond acceptors (Lipinski definition) is 5. The third-order valence-electron chi connectivity index (χ3n) is 6.12. The molecule has 0 fully saturated rings. The molecule has 2 aromatic carbocycles. The fraction of sp³-hybridized carbons (Fsp3) is 0.360. The average Bonchev–Trinajstić information content (AvgIpc) is 2.73. The second-order valence-electron chi connectivity index (χ2n) is 9.15. The zero-order chi connectivity index (χ0) is 23.9. The first-order chi connectivity index (χ1) is 15.6. The molecule has 1 aliphatic heterocycles. The van der Waals surface area contributed by atoms with Crippen LogP contribution in [0.4, 0.5) is 11.4 Å². The number of halogens is 1. The van der Waals surface area contributed by atoms with Crippen molar-refractivity contribution in [3.63, 3.8) is 0 Å². The molecular formula is C25H25ClN2O5. The van der Waals surface area contributed by atoms with E-state index in [-0.39, 0.29) is 29.5 Å². The Balaban J connectivity index is 1.94. The lowest BCUT2D eigenvalue weighted by Gasteiger charge is -2.42. The predicted octanol–water partition coefficient (Wildman–Crippen LogP) is 5.81. The molecule has 0 bridgehead atoms. The Morgan fingerprint density at radius 3 is 2.58 bits per heavy atom. The standard InChI is InChI=1S/C25H25ClN2O5/c1-4-33-15-9-10-19(20(11-15)28(31)32)27-21-13-25(2,3)14-22(29)24(21)17(12-23(27)30)16-7-5-6-8-18(16)26/h5-11,17H,4,12-14H2,1-3H3. The summed E-state index contributed by atoms with van der Waals surface area (Å²) in [7, 11) is 0. The number of nitrogens with zero attached hydrogens (tertiary/aromatic N) is 2. The van der Waals surface area contributed by atoms with Crippen molar-refractivity contribution >= 4 is 34.7 Å². The van der Waals surface area contributed by atoms with E-state index < -0.39 is 16.3 Å². The number of ketones is 1. The summed E-state index contributed by atoms with van der Waals surface area (Å²) in [6.07, 6.45) is 0.768. The van der Waals surface area contributed by atoms with E-state index in [9.17, 15) is 19.7 Å². The van der Waals surface area contributed by atoms with Gasteiger partial charge < -0.3 is 4.74 Å². The van der Waals surface area contributed by atoms with Crippen LogP contribution in [0.1, 0.15) is 51.5 Å². The van der Waals surface area contributed by atoms with Gasteiger partial charge in [-0.2, -0.15) is 0 Å². The number of carbonyl (C=O) groups excluding carboxylic acids is 2. The third kappa shape index (κ3) is 4.25. The van der Waals surface area contributed by atoms with Crippen LogP contribution in [0.2, 0.25) is 5.02 Å². The highest BCUT2D eigenvalue weighted by Crippen LogP contribution is 2.50. The highest BCUT2D eigenvalue weighted by atomic mass is 35.5. The summed E-state index contributed by atoms with van der Waals surface area (Å²) < 4.78 is 5.42. The van der Waals surface area contributed by atoms with E-state index in [1.807, 2.05) is 26.0 Å². The smallest absolute Gasteiger partial charge is 0.297 e. The summed E-state index contributed by atoms with van der Waals surface area (Å²) in [6, 6.07) is 11.6. The molecule has 8 heteroatoms. The van der Waals surface area contributed by atoms with E-state index in [0.717, 1.165) is 0 Å². The van der Waals surface area contributed by atoms with Crippen molar-refractivity contribution in [1.29, 1.82) is 0 Å².